The summed E-state index contributed by atoms with van der Waals surface area (Å²) in [4.78, 5) is 28.2. The number of pyridine rings is 1. The lowest BCUT2D eigenvalue weighted by Crippen LogP contribution is -2.20. The minimum Gasteiger partial charge on any atom is -0.491 e. The highest BCUT2D eigenvalue weighted by molar-refractivity contribution is 14.1. The van der Waals surface area contributed by atoms with E-state index in [0.717, 1.165) is 5.56 Å². The van der Waals surface area contributed by atoms with Crippen LogP contribution in [-0.4, -0.2) is 23.3 Å². The second-order valence-electron chi connectivity index (χ2n) is 6.51. The summed E-state index contributed by atoms with van der Waals surface area (Å²) in [6, 6.07) is 14.2. The van der Waals surface area contributed by atoms with Crippen LogP contribution in [-0.2, 0) is 0 Å². The lowest BCUT2D eigenvalue weighted by molar-refractivity contribution is 0.0930. The third-order valence-corrected chi connectivity index (χ3v) is 5.72. The fraction of sp³-hybridized carbons (Fsp3) is 0.136. The van der Waals surface area contributed by atoms with Crippen LogP contribution in [0.25, 0.3) is 0 Å². The number of rotatable bonds is 5. The van der Waals surface area contributed by atoms with Crippen molar-refractivity contribution in [1.29, 1.82) is 0 Å². The lowest BCUT2D eigenvalue weighted by Gasteiger charge is -2.24. The van der Waals surface area contributed by atoms with Crippen LogP contribution in [0.3, 0.4) is 0 Å². The minimum atomic E-state index is -0.590. The summed E-state index contributed by atoms with van der Waals surface area (Å²) >= 11 is 2.12. The summed E-state index contributed by atoms with van der Waals surface area (Å²) in [5, 5.41) is 0. The topological polar surface area (TPSA) is 91.5 Å². The monoisotopic (exact) mass is 500 g/mol. The van der Waals surface area contributed by atoms with Gasteiger partial charge in [0.15, 0.2) is 5.78 Å². The van der Waals surface area contributed by atoms with E-state index in [1.54, 1.807) is 36.7 Å². The quantitative estimate of drug-likeness (QED) is 0.537. The lowest BCUT2D eigenvalue weighted by atomic mass is 9.96. The van der Waals surface area contributed by atoms with Crippen molar-refractivity contribution in [1.82, 2.24) is 4.98 Å². The molecule has 7 heteroatoms. The van der Waals surface area contributed by atoms with Gasteiger partial charge in [0.1, 0.15) is 17.6 Å². The highest BCUT2D eigenvalue weighted by Crippen LogP contribution is 2.39. The number of benzene rings is 2. The molecule has 0 saturated heterocycles. The number of ketones is 1. The molecule has 3 aromatic rings. The Labute approximate surface area is 181 Å². The number of nitrogens with zero attached hydrogens (tertiary/aromatic N) is 1. The number of hydrogen-bond donors (Lipinski definition) is 1. The van der Waals surface area contributed by atoms with E-state index in [2.05, 4.69) is 27.6 Å². The Morgan fingerprint density at radius 2 is 1.90 bits per heavy atom. The molecule has 1 amide bonds. The number of ether oxygens (including phenoxy) is 2. The van der Waals surface area contributed by atoms with Gasteiger partial charge in [-0.05, 0) is 58.5 Å². The second kappa shape index (κ2) is 8.20. The van der Waals surface area contributed by atoms with Crippen LogP contribution in [0.5, 0.6) is 11.5 Å². The molecule has 146 valence electrons. The third kappa shape index (κ3) is 3.82. The fourth-order valence-corrected chi connectivity index (χ4v) is 4.05. The maximum Gasteiger partial charge on any atom is 0.249 e. The van der Waals surface area contributed by atoms with E-state index in [9.17, 15) is 9.59 Å². The summed E-state index contributed by atoms with van der Waals surface area (Å²) in [7, 11) is 0. The number of fused-ring (bicyclic) bond motifs is 1. The van der Waals surface area contributed by atoms with E-state index in [1.165, 1.54) is 0 Å². The Bertz CT molecular complexity index is 1090. The van der Waals surface area contributed by atoms with Gasteiger partial charge in [-0.1, -0.05) is 18.2 Å². The van der Waals surface area contributed by atoms with E-state index in [-0.39, 0.29) is 5.78 Å². The maximum absolute atomic E-state index is 12.2. The molecule has 0 saturated carbocycles. The predicted molar refractivity (Wildman–Crippen MR) is 115 cm³/mol. The van der Waals surface area contributed by atoms with Gasteiger partial charge in [-0.25, -0.2) is 0 Å². The molecule has 6 nitrogen and oxygen atoms in total. The molecule has 1 unspecified atom stereocenters. The van der Waals surface area contributed by atoms with E-state index >= 15 is 0 Å². The molecule has 1 atom stereocenters. The largest absolute Gasteiger partial charge is 0.491 e. The molecule has 0 aliphatic carbocycles. The third-order valence-electron chi connectivity index (χ3n) is 4.70. The number of carbonyl (C=O) groups is 2. The van der Waals surface area contributed by atoms with E-state index in [0.29, 0.717) is 44.8 Å². The van der Waals surface area contributed by atoms with E-state index in [1.807, 2.05) is 24.3 Å². The molecule has 0 radical (unpaired) electrons. The Kier molecular flexibility index (Phi) is 5.48. The first-order valence-corrected chi connectivity index (χ1v) is 10.1. The molecular formula is C22H17IN2O4. The molecule has 2 heterocycles. The molecule has 29 heavy (non-hydrogen) atoms. The average molecular weight is 500 g/mol. The molecule has 2 N–H and O–H groups in total. The molecule has 0 bridgehead atoms. The molecular weight excluding hydrogens is 483 g/mol. The average Bonchev–Trinajstić information content (AvgIpc) is 2.74. The molecule has 1 aliphatic rings. The van der Waals surface area contributed by atoms with Crippen LogP contribution >= 0.6 is 22.6 Å². The fourth-order valence-electron chi connectivity index (χ4n) is 3.30. The van der Waals surface area contributed by atoms with Gasteiger partial charge in [-0.3, -0.25) is 14.6 Å². The zero-order valence-electron chi connectivity index (χ0n) is 15.3. The first-order valence-electron chi connectivity index (χ1n) is 9.00. The SMILES string of the molecule is NC(=O)c1ccccc1C(Oc1ccc2c(c1I)OCCC2=O)c1ccncc1. The Hall–Kier alpha value is -2.94. The van der Waals surface area contributed by atoms with Crippen molar-refractivity contribution in [2.45, 2.75) is 12.5 Å². The number of hydrogen-bond acceptors (Lipinski definition) is 5. The van der Waals surface area contributed by atoms with Gasteiger partial charge in [-0.2, -0.15) is 0 Å². The second-order valence-corrected chi connectivity index (χ2v) is 7.58. The van der Waals surface area contributed by atoms with Crippen molar-refractivity contribution >= 4 is 34.3 Å². The molecule has 0 fully saturated rings. The zero-order chi connectivity index (χ0) is 20.4. The Morgan fingerprint density at radius 1 is 1.14 bits per heavy atom. The predicted octanol–water partition coefficient (Wildman–Crippen LogP) is 3.92. The van der Waals surface area contributed by atoms with Gasteiger partial charge in [0.2, 0.25) is 5.91 Å². The van der Waals surface area contributed by atoms with Crippen LogP contribution < -0.4 is 15.2 Å². The van der Waals surface area contributed by atoms with E-state index in [4.69, 9.17) is 15.2 Å². The van der Waals surface area contributed by atoms with Crippen molar-refractivity contribution in [2.24, 2.45) is 5.73 Å². The van der Waals surface area contributed by atoms with Gasteiger partial charge < -0.3 is 15.2 Å². The first kappa shape index (κ1) is 19.4. The molecule has 2 aromatic carbocycles. The van der Waals surface area contributed by atoms with Gasteiger partial charge in [0.25, 0.3) is 0 Å². The van der Waals surface area contributed by atoms with Crippen molar-refractivity contribution in [3.05, 3.63) is 86.7 Å². The highest BCUT2D eigenvalue weighted by atomic mass is 127. The standard InChI is InChI=1S/C22H17IN2O4/c23-19-18(6-5-16-17(26)9-12-28-21(16)19)29-20(13-7-10-25-11-8-13)14-3-1-2-4-15(14)22(24)27/h1-8,10-11,20H,9,12H2,(H2,24,27). The summed E-state index contributed by atoms with van der Waals surface area (Å²) in [5.41, 5.74) is 8.01. The maximum atomic E-state index is 12.2. The molecule has 1 aliphatic heterocycles. The number of carbonyl (C=O) groups excluding carboxylic acids is 2. The summed E-state index contributed by atoms with van der Waals surface area (Å²) in [6.45, 7) is 0.351. The van der Waals surface area contributed by atoms with Crippen LogP contribution in [0.15, 0.2) is 60.9 Å². The minimum absolute atomic E-state index is 0.0560. The van der Waals surface area contributed by atoms with Gasteiger partial charge >= 0.3 is 0 Å². The number of Topliss-reactive ketones (excluding diaryl/α,β-unsaturated/α-hetero) is 1. The van der Waals surface area contributed by atoms with Crippen LogP contribution in [0.1, 0.15) is 44.4 Å². The van der Waals surface area contributed by atoms with Crippen molar-refractivity contribution in [3.8, 4) is 11.5 Å². The zero-order valence-corrected chi connectivity index (χ0v) is 17.5. The van der Waals surface area contributed by atoms with Crippen LogP contribution in [0.2, 0.25) is 0 Å². The molecule has 1 aromatic heterocycles. The van der Waals surface area contributed by atoms with Crippen molar-refractivity contribution < 1.29 is 19.1 Å². The number of aromatic nitrogens is 1. The Morgan fingerprint density at radius 3 is 2.66 bits per heavy atom. The van der Waals surface area contributed by atoms with Crippen LogP contribution in [0, 0.1) is 3.57 Å². The normalized spacial score (nSPS) is 13.9. The van der Waals surface area contributed by atoms with Gasteiger partial charge in [0.05, 0.1) is 15.7 Å². The van der Waals surface area contributed by atoms with Crippen LogP contribution in [0.4, 0.5) is 0 Å². The summed E-state index contributed by atoms with van der Waals surface area (Å²) in [5.74, 6) is 0.619. The number of primary amides is 1. The Balaban J connectivity index is 1.81. The summed E-state index contributed by atoms with van der Waals surface area (Å²) < 4.78 is 12.8. The number of amides is 1. The summed E-state index contributed by atoms with van der Waals surface area (Å²) in [6.07, 6.45) is 3.11. The molecule has 0 spiro atoms. The molecule has 4 rings (SSSR count). The van der Waals surface area contributed by atoms with Crippen molar-refractivity contribution in [2.75, 3.05) is 6.61 Å². The number of halogens is 1. The van der Waals surface area contributed by atoms with Gasteiger partial charge in [-0.15, -0.1) is 0 Å². The highest BCUT2D eigenvalue weighted by Gasteiger charge is 2.26. The van der Waals surface area contributed by atoms with Crippen molar-refractivity contribution in [3.63, 3.8) is 0 Å². The van der Waals surface area contributed by atoms with Gasteiger partial charge in [0, 0.05) is 29.9 Å². The smallest absolute Gasteiger partial charge is 0.249 e. The van der Waals surface area contributed by atoms with E-state index < -0.39 is 12.0 Å². The number of nitrogens with two attached hydrogens (primary N) is 1. The first-order chi connectivity index (χ1) is 14.1.